The topological polar surface area (TPSA) is 59.4 Å². The molecule has 29 heavy (non-hydrogen) atoms. The number of pyridine rings is 1. The second-order valence-corrected chi connectivity index (χ2v) is 7.62. The first-order valence-corrected chi connectivity index (χ1v) is 10.1. The summed E-state index contributed by atoms with van der Waals surface area (Å²) in [6.45, 7) is 7.68. The van der Waals surface area contributed by atoms with Gasteiger partial charge in [-0.2, -0.15) is 0 Å². The number of amides is 1. The number of nitrogens with one attached hydrogen (secondary N) is 1. The third kappa shape index (κ3) is 6.07. The molecule has 1 atom stereocenters. The number of carbonyl (C=O) groups excluding carboxylic acids is 1. The quantitative estimate of drug-likeness (QED) is 0.626. The second-order valence-electron chi connectivity index (χ2n) is 7.62. The number of piperidine rings is 1. The van der Waals surface area contributed by atoms with Crippen molar-refractivity contribution >= 4 is 41.6 Å². The van der Waals surface area contributed by atoms with E-state index in [0.717, 1.165) is 68.5 Å². The van der Waals surface area contributed by atoms with Gasteiger partial charge in [0.25, 0.3) is 5.91 Å². The fraction of sp³-hybridized carbons (Fsp3) is 0.619. The molecule has 1 amide bonds. The molecule has 1 aliphatic rings. The third-order valence-electron chi connectivity index (χ3n) is 5.36. The molecule has 0 saturated carbocycles. The Morgan fingerprint density at radius 1 is 1.38 bits per heavy atom. The van der Waals surface area contributed by atoms with Crippen molar-refractivity contribution in [3.63, 3.8) is 0 Å². The largest absolute Gasteiger partial charge is 0.385 e. The molecule has 8 heteroatoms. The Balaban J connectivity index is 0.00000210. The van der Waals surface area contributed by atoms with Gasteiger partial charge in [-0.05, 0) is 58.2 Å². The summed E-state index contributed by atoms with van der Waals surface area (Å²) in [5.41, 5.74) is 1.80. The van der Waals surface area contributed by atoms with E-state index in [9.17, 15) is 4.79 Å². The molecule has 0 aliphatic carbocycles. The van der Waals surface area contributed by atoms with E-state index >= 15 is 0 Å². The molecule has 0 bridgehead atoms. The van der Waals surface area contributed by atoms with Crippen LogP contribution >= 0.6 is 24.8 Å². The number of hydrogen-bond acceptors (Lipinski definition) is 4. The van der Waals surface area contributed by atoms with Crippen molar-refractivity contribution in [3.8, 4) is 0 Å². The fourth-order valence-electron chi connectivity index (χ4n) is 4.06. The van der Waals surface area contributed by atoms with Gasteiger partial charge in [0, 0.05) is 50.5 Å². The lowest BCUT2D eigenvalue weighted by molar-refractivity contribution is 0.0562. The molecule has 2 aromatic rings. The first kappa shape index (κ1) is 25.7. The van der Waals surface area contributed by atoms with Gasteiger partial charge in [0.15, 0.2) is 0 Å². The highest BCUT2D eigenvalue weighted by atomic mass is 35.5. The number of aryl methyl sites for hydroxylation is 1. The molecule has 1 fully saturated rings. The normalized spacial score (nSPS) is 16.3. The highest BCUT2D eigenvalue weighted by molar-refractivity contribution is 5.99. The van der Waals surface area contributed by atoms with Crippen molar-refractivity contribution in [2.75, 3.05) is 26.8 Å². The van der Waals surface area contributed by atoms with Gasteiger partial charge in [-0.1, -0.05) is 0 Å². The van der Waals surface area contributed by atoms with E-state index in [2.05, 4.69) is 33.6 Å². The maximum Gasteiger partial charge on any atom is 0.271 e. The van der Waals surface area contributed by atoms with Crippen LogP contribution in [0, 0.1) is 0 Å². The number of methoxy groups -OCH3 is 1. The van der Waals surface area contributed by atoms with E-state index in [-0.39, 0.29) is 42.8 Å². The van der Waals surface area contributed by atoms with Crippen molar-refractivity contribution < 1.29 is 9.53 Å². The molecule has 0 aromatic carbocycles. The monoisotopic (exact) mass is 444 g/mol. The third-order valence-corrected chi connectivity index (χ3v) is 5.36. The minimum Gasteiger partial charge on any atom is -0.385 e. The molecule has 3 rings (SSSR count). The fourth-order valence-corrected chi connectivity index (χ4v) is 4.06. The number of carbonyl (C=O) groups is 1. The van der Waals surface area contributed by atoms with Crippen LogP contribution in [0.2, 0.25) is 0 Å². The summed E-state index contributed by atoms with van der Waals surface area (Å²) in [7, 11) is 1.72. The van der Waals surface area contributed by atoms with Gasteiger partial charge in [-0.25, -0.2) is 0 Å². The van der Waals surface area contributed by atoms with Crippen LogP contribution in [-0.2, 0) is 11.3 Å². The lowest BCUT2D eigenvalue weighted by Crippen LogP contribution is -2.52. The molecule has 6 nitrogen and oxygen atoms in total. The van der Waals surface area contributed by atoms with Crippen molar-refractivity contribution in [2.24, 2.45) is 0 Å². The number of ether oxygens (including phenoxy) is 1. The maximum atomic E-state index is 13.6. The van der Waals surface area contributed by atoms with E-state index in [1.165, 1.54) is 0 Å². The number of fused-ring (bicyclic) bond motifs is 1. The molecule has 0 unspecified atom stereocenters. The van der Waals surface area contributed by atoms with Gasteiger partial charge >= 0.3 is 0 Å². The summed E-state index contributed by atoms with van der Waals surface area (Å²) in [5, 5.41) is 4.52. The molecule has 1 saturated heterocycles. The summed E-state index contributed by atoms with van der Waals surface area (Å²) < 4.78 is 7.32. The van der Waals surface area contributed by atoms with Crippen LogP contribution in [0.3, 0.4) is 0 Å². The van der Waals surface area contributed by atoms with E-state index in [1.54, 1.807) is 13.3 Å². The van der Waals surface area contributed by atoms with Crippen LogP contribution in [0.5, 0.6) is 0 Å². The Hall–Kier alpha value is -1.34. The zero-order chi connectivity index (χ0) is 19.2. The SMILES string of the molecule is COCCCCn1c(C(=O)N(C(C)C)[C@@H]2CCCNC2)cc2ccncc21.Cl.Cl. The maximum absolute atomic E-state index is 13.6. The van der Waals surface area contributed by atoms with E-state index in [1.807, 2.05) is 18.3 Å². The smallest absolute Gasteiger partial charge is 0.271 e. The number of nitrogens with zero attached hydrogens (tertiary/aromatic N) is 3. The van der Waals surface area contributed by atoms with Gasteiger partial charge in [-0.15, -0.1) is 24.8 Å². The van der Waals surface area contributed by atoms with Crippen LogP contribution in [0.4, 0.5) is 0 Å². The molecular formula is C21H34Cl2N4O2. The van der Waals surface area contributed by atoms with E-state index in [0.29, 0.717) is 0 Å². The van der Waals surface area contributed by atoms with Gasteiger partial charge in [0.2, 0.25) is 0 Å². The summed E-state index contributed by atoms with van der Waals surface area (Å²) >= 11 is 0. The highest BCUT2D eigenvalue weighted by Crippen LogP contribution is 2.24. The molecule has 1 N–H and O–H groups in total. The Kier molecular flexibility index (Phi) is 11.0. The predicted molar refractivity (Wildman–Crippen MR) is 123 cm³/mol. The zero-order valence-corrected chi connectivity index (χ0v) is 19.2. The lowest BCUT2D eigenvalue weighted by Gasteiger charge is -2.37. The molecule has 0 radical (unpaired) electrons. The first-order chi connectivity index (χ1) is 13.1. The summed E-state index contributed by atoms with van der Waals surface area (Å²) in [6, 6.07) is 4.44. The predicted octanol–water partition coefficient (Wildman–Crippen LogP) is 3.91. The Morgan fingerprint density at radius 2 is 2.17 bits per heavy atom. The van der Waals surface area contributed by atoms with Gasteiger partial charge in [-0.3, -0.25) is 9.78 Å². The molecule has 164 valence electrons. The van der Waals surface area contributed by atoms with Crippen LogP contribution in [0.15, 0.2) is 24.5 Å². The Bertz CT molecular complexity index is 760. The number of unbranched alkanes of at least 4 members (excludes halogenated alkanes) is 1. The van der Waals surface area contributed by atoms with Gasteiger partial charge in [0.1, 0.15) is 5.69 Å². The van der Waals surface area contributed by atoms with Crippen LogP contribution in [0.1, 0.15) is 50.0 Å². The second kappa shape index (κ2) is 12.4. The van der Waals surface area contributed by atoms with Crippen LogP contribution in [0.25, 0.3) is 10.9 Å². The zero-order valence-electron chi connectivity index (χ0n) is 17.6. The average Bonchev–Trinajstić information content (AvgIpc) is 3.05. The number of aromatic nitrogens is 2. The summed E-state index contributed by atoms with van der Waals surface area (Å²) in [5.74, 6) is 0.127. The van der Waals surface area contributed by atoms with Crippen LogP contribution in [-0.4, -0.2) is 59.2 Å². The van der Waals surface area contributed by atoms with Crippen molar-refractivity contribution in [1.29, 1.82) is 0 Å². The number of halogens is 2. The minimum absolute atomic E-state index is 0. The molecule has 3 heterocycles. The van der Waals surface area contributed by atoms with E-state index in [4.69, 9.17) is 4.74 Å². The van der Waals surface area contributed by atoms with Gasteiger partial charge < -0.3 is 19.5 Å². The standard InChI is InChI=1S/C21H32N4O2.2ClH/c1-16(2)25(18-7-6-9-22-14-18)21(26)19-13-17-8-10-23-15-20(17)24(19)11-4-5-12-27-3;;/h8,10,13,15-16,18,22H,4-7,9,11-12,14H2,1-3H3;2*1H/t18-;;/m1../s1. The summed E-state index contributed by atoms with van der Waals surface area (Å²) in [4.78, 5) is 19.9. The Labute approximate surface area is 186 Å². The van der Waals surface area contributed by atoms with Crippen LogP contribution < -0.4 is 5.32 Å². The lowest BCUT2D eigenvalue weighted by atomic mass is 10.0. The molecule has 0 spiro atoms. The van der Waals surface area contributed by atoms with Crippen molar-refractivity contribution in [2.45, 2.75) is 58.2 Å². The average molecular weight is 445 g/mol. The minimum atomic E-state index is 0. The molecule has 2 aromatic heterocycles. The summed E-state index contributed by atoms with van der Waals surface area (Å²) in [6.07, 6.45) is 7.78. The highest BCUT2D eigenvalue weighted by Gasteiger charge is 2.30. The van der Waals surface area contributed by atoms with Gasteiger partial charge in [0.05, 0.1) is 11.7 Å². The van der Waals surface area contributed by atoms with Crippen molar-refractivity contribution in [3.05, 3.63) is 30.2 Å². The molecule has 1 aliphatic heterocycles. The van der Waals surface area contributed by atoms with E-state index < -0.39 is 0 Å². The van der Waals surface area contributed by atoms with Crippen molar-refractivity contribution in [1.82, 2.24) is 19.8 Å². The Morgan fingerprint density at radius 3 is 2.83 bits per heavy atom. The number of hydrogen-bond donors (Lipinski definition) is 1. The molecular weight excluding hydrogens is 411 g/mol. The first-order valence-electron chi connectivity index (χ1n) is 10.1. The number of rotatable bonds is 8.